The fourth-order valence-electron chi connectivity index (χ4n) is 5.20. The van der Waals surface area contributed by atoms with Crippen LogP contribution in [0.1, 0.15) is 23.5 Å². The number of nitrogens with one attached hydrogen (secondary N) is 2. The molecule has 2 amide bonds. The lowest BCUT2D eigenvalue weighted by Crippen LogP contribution is -2.49. The van der Waals surface area contributed by atoms with Crippen molar-refractivity contribution in [3.05, 3.63) is 59.7 Å². The minimum Gasteiger partial charge on any atom is -0.481 e. The van der Waals surface area contributed by atoms with Gasteiger partial charge in [-0.05, 0) is 28.7 Å². The average molecular weight is 481 g/mol. The van der Waals surface area contributed by atoms with Crippen molar-refractivity contribution in [1.29, 1.82) is 0 Å². The Bertz CT molecular complexity index is 1070. The van der Waals surface area contributed by atoms with Gasteiger partial charge >= 0.3 is 12.1 Å². The van der Waals surface area contributed by atoms with E-state index in [-0.39, 0.29) is 44.1 Å². The third-order valence-corrected chi connectivity index (χ3v) is 7.05. The molecule has 2 aromatic rings. The summed E-state index contributed by atoms with van der Waals surface area (Å²) in [5, 5.41) is 14.8. The summed E-state index contributed by atoms with van der Waals surface area (Å²) >= 11 is 0. The van der Waals surface area contributed by atoms with Gasteiger partial charge in [-0.15, -0.1) is 0 Å². The van der Waals surface area contributed by atoms with Crippen LogP contribution in [0.5, 0.6) is 0 Å². The molecule has 2 fully saturated rings. The fourth-order valence-corrected chi connectivity index (χ4v) is 5.20. The number of aliphatic carboxylic acids is 1. The van der Waals surface area contributed by atoms with Crippen molar-refractivity contribution in [2.45, 2.75) is 24.5 Å². The Morgan fingerprint density at radius 1 is 1.00 bits per heavy atom. The molecule has 9 nitrogen and oxygen atoms in total. The van der Waals surface area contributed by atoms with Gasteiger partial charge in [-0.25, -0.2) is 4.79 Å². The van der Waals surface area contributed by atoms with E-state index in [4.69, 9.17) is 14.2 Å². The average Bonchev–Trinajstić information content (AvgIpc) is 3.59. The smallest absolute Gasteiger partial charge is 0.407 e. The Balaban J connectivity index is 1.14. The highest BCUT2D eigenvalue weighted by atomic mass is 16.5. The topological polar surface area (TPSA) is 123 Å². The van der Waals surface area contributed by atoms with E-state index in [0.717, 1.165) is 22.3 Å². The van der Waals surface area contributed by atoms with Gasteiger partial charge in [0.1, 0.15) is 18.6 Å². The Labute approximate surface area is 202 Å². The van der Waals surface area contributed by atoms with Gasteiger partial charge in [0.25, 0.3) is 0 Å². The molecule has 2 saturated heterocycles. The molecule has 0 spiro atoms. The van der Waals surface area contributed by atoms with E-state index in [1.54, 1.807) is 0 Å². The molecule has 5 rings (SSSR count). The molecular weight excluding hydrogens is 452 g/mol. The van der Waals surface area contributed by atoms with Gasteiger partial charge in [0.05, 0.1) is 19.3 Å². The van der Waals surface area contributed by atoms with Crippen LogP contribution in [0.4, 0.5) is 4.79 Å². The maximum atomic E-state index is 12.7. The van der Waals surface area contributed by atoms with Gasteiger partial charge in [0.2, 0.25) is 5.91 Å². The second-order valence-corrected chi connectivity index (χ2v) is 9.14. The van der Waals surface area contributed by atoms with Crippen LogP contribution in [0.3, 0.4) is 0 Å². The fraction of sp³-hybridized carbons (Fsp3) is 0.423. The molecule has 2 aliphatic heterocycles. The van der Waals surface area contributed by atoms with Gasteiger partial charge in [-0.2, -0.15) is 0 Å². The number of benzene rings is 2. The molecule has 0 radical (unpaired) electrons. The Kier molecular flexibility index (Phi) is 6.70. The molecule has 9 heteroatoms. The number of carbonyl (C=O) groups excluding carboxylic acids is 2. The van der Waals surface area contributed by atoms with Crippen molar-refractivity contribution in [2.75, 3.05) is 33.0 Å². The summed E-state index contributed by atoms with van der Waals surface area (Å²) in [6.45, 7) is 1.04. The second-order valence-electron chi connectivity index (χ2n) is 9.14. The van der Waals surface area contributed by atoms with E-state index in [9.17, 15) is 19.5 Å². The zero-order valence-electron chi connectivity index (χ0n) is 19.1. The van der Waals surface area contributed by atoms with Crippen molar-refractivity contribution in [2.24, 2.45) is 11.8 Å². The standard InChI is InChI=1S/C26H28N2O7/c29-24(28-22-14-33-12-21(22)25(30)31)23-15(9-10-34-23)11-27-26(32)35-13-20-18-7-3-1-5-16(18)17-6-2-4-8-19(17)20/h1-8,15,20-23H,9-14H2,(H,27,32)(H,28,29)(H,30,31). The molecule has 3 N–H and O–H groups in total. The van der Waals surface area contributed by atoms with Gasteiger partial charge in [-0.3, -0.25) is 9.59 Å². The van der Waals surface area contributed by atoms with E-state index >= 15 is 0 Å². The summed E-state index contributed by atoms with van der Waals surface area (Å²) in [6, 6.07) is 15.7. The molecule has 2 heterocycles. The summed E-state index contributed by atoms with van der Waals surface area (Å²) in [6.07, 6.45) is -0.711. The Morgan fingerprint density at radius 3 is 2.37 bits per heavy atom. The quantitative estimate of drug-likeness (QED) is 0.555. The first-order chi connectivity index (χ1) is 17.0. The van der Waals surface area contributed by atoms with Crippen LogP contribution in [0.15, 0.2) is 48.5 Å². The normalized spacial score (nSPS) is 25.0. The highest BCUT2D eigenvalue weighted by Gasteiger charge is 2.40. The highest BCUT2D eigenvalue weighted by Crippen LogP contribution is 2.44. The molecule has 0 bridgehead atoms. The third kappa shape index (κ3) is 4.74. The first-order valence-electron chi connectivity index (χ1n) is 11.8. The van der Waals surface area contributed by atoms with Crippen LogP contribution in [0, 0.1) is 11.8 Å². The van der Waals surface area contributed by atoms with E-state index in [2.05, 4.69) is 34.9 Å². The van der Waals surface area contributed by atoms with Gasteiger partial charge in [0, 0.05) is 25.0 Å². The van der Waals surface area contributed by atoms with Crippen molar-refractivity contribution >= 4 is 18.0 Å². The molecule has 35 heavy (non-hydrogen) atoms. The van der Waals surface area contributed by atoms with Gasteiger partial charge in [-0.1, -0.05) is 48.5 Å². The van der Waals surface area contributed by atoms with E-state index in [1.807, 2.05) is 24.3 Å². The van der Waals surface area contributed by atoms with E-state index in [0.29, 0.717) is 13.0 Å². The number of hydrogen-bond acceptors (Lipinski definition) is 6. The number of carboxylic acids is 1. The lowest BCUT2D eigenvalue weighted by molar-refractivity contribution is -0.142. The molecule has 184 valence electrons. The van der Waals surface area contributed by atoms with Crippen LogP contribution >= 0.6 is 0 Å². The van der Waals surface area contributed by atoms with Crippen molar-refractivity contribution in [1.82, 2.24) is 10.6 Å². The molecule has 2 aromatic carbocycles. The molecule has 1 aliphatic carbocycles. The Morgan fingerprint density at radius 2 is 1.69 bits per heavy atom. The van der Waals surface area contributed by atoms with Crippen molar-refractivity contribution < 1.29 is 33.7 Å². The number of alkyl carbamates (subject to hydrolysis) is 1. The number of ether oxygens (including phenoxy) is 3. The predicted octanol–water partition coefficient (Wildman–Crippen LogP) is 2.15. The monoisotopic (exact) mass is 480 g/mol. The summed E-state index contributed by atoms with van der Waals surface area (Å²) in [5.41, 5.74) is 4.59. The zero-order chi connectivity index (χ0) is 24.4. The number of fused-ring (bicyclic) bond motifs is 3. The molecule has 0 saturated carbocycles. The molecule has 0 aromatic heterocycles. The molecular formula is C26H28N2O7. The lowest BCUT2D eigenvalue weighted by Gasteiger charge is -2.22. The maximum Gasteiger partial charge on any atom is 0.407 e. The maximum absolute atomic E-state index is 12.7. The Hall–Kier alpha value is -3.43. The minimum absolute atomic E-state index is 0.0303. The summed E-state index contributed by atoms with van der Waals surface area (Å²) in [5.74, 6) is -2.44. The van der Waals surface area contributed by atoms with Crippen molar-refractivity contribution in [3.8, 4) is 11.1 Å². The number of carbonyl (C=O) groups is 3. The molecule has 3 aliphatic rings. The minimum atomic E-state index is -1.01. The number of carboxylic acid groups (broad SMARTS) is 1. The second kappa shape index (κ2) is 10.1. The van der Waals surface area contributed by atoms with Gasteiger partial charge in [0.15, 0.2) is 0 Å². The zero-order valence-corrected chi connectivity index (χ0v) is 19.1. The summed E-state index contributed by atoms with van der Waals surface area (Å²) < 4.78 is 16.4. The van der Waals surface area contributed by atoms with E-state index in [1.165, 1.54) is 0 Å². The first kappa shape index (κ1) is 23.3. The third-order valence-electron chi connectivity index (χ3n) is 7.05. The van der Waals surface area contributed by atoms with E-state index < -0.39 is 30.1 Å². The molecule has 4 atom stereocenters. The van der Waals surface area contributed by atoms with Crippen LogP contribution in [0.25, 0.3) is 11.1 Å². The lowest BCUT2D eigenvalue weighted by atomic mass is 9.98. The predicted molar refractivity (Wildman–Crippen MR) is 125 cm³/mol. The molecule has 4 unspecified atom stereocenters. The van der Waals surface area contributed by atoms with Crippen LogP contribution < -0.4 is 10.6 Å². The summed E-state index contributed by atoms with van der Waals surface area (Å²) in [4.78, 5) is 36.6. The van der Waals surface area contributed by atoms with Crippen molar-refractivity contribution in [3.63, 3.8) is 0 Å². The van der Waals surface area contributed by atoms with Crippen LogP contribution in [0.2, 0.25) is 0 Å². The first-order valence-corrected chi connectivity index (χ1v) is 11.8. The van der Waals surface area contributed by atoms with Gasteiger partial charge < -0.3 is 30.0 Å². The van der Waals surface area contributed by atoms with Crippen LogP contribution in [-0.2, 0) is 23.8 Å². The summed E-state index contributed by atoms with van der Waals surface area (Å²) in [7, 11) is 0. The number of rotatable bonds is 7. The SMILES string of the molecule is O=C(NCC1CCOC1C(=O)NC1COCC1C(=O)O)OCC1c2ccccc2-c2ccccc21. The number of amides is 2. The number of hydrogen-bond donors (Lipinski definition) is 3. The highest BCUT2D eigenvalue weighted by molar-refractivity contribution is 5.83. The van der Waals surface area contributed by atoms with Crippen LogP contribution in [-0.4, -0.2) is 68.2 Å². The largest absolute Gasteiger partial charge is 0.481 e.